The zero-order chi connectivity index (χ0) is 32.2. The van der Waals surface area contributed by atoms with Crippen molar-refractivity contribution >= 4 is 12.1 Å². The molecule has 254 valence electrons. The monoisotopic (exact) mass is 631 g/mol. The number of hydrogen-bond donors (Lipinski definition) is 1. The molecule has 0 radical (unpaired) electrons. The molecule has 2 spiro atoms. The number of ether oxygens (including phenoxy) is 5. The number of carbonyl (C=O) groups excluding carboxylic acids is 2. The number of fused-ring (bicyclic) bond motifs is 4. The lowest BCUT2D eigenvalue weighted by Gasteiger charge is -2.60. The number of aliphatic hydroxyl groups is 1. The van der Waals surface area contributed by atoms with Gasteiger partial charge in [-0.05, 0) is 123 Å². The molecular weight excluding hydrogens is 574 g/mol. The molecule has 9 heteroatoms. The van der Waals surface area contributed by atoms with Gasteiger partial charge >= 0.3 is 12.1 Å². The molecule has 1 amide bonds. The lowest BCUT2D eigenvalue weighted by atomic mass is 9.46. The molecule has 12 atom stereocenters. The Morgan fingerprint density at radius 1 is 0.978 bits per heavy atom. The highest BCUT2D eigenvalue weighted by Crippen LogP contribution is 2.87. The van der Waals surface area contributed by atoms with Crippen molar-refractivity contribution < 1.29 is 38.4 Å². The Morgan fingerprint density at radius 3 is 2.44 bits per heavy atom. The summed E-state index contributed by atoms with van der Waals surface area (Å²) in [7, 11) is 1.43. The van der Waals surface area contributed by atoms with Gasteiger partial charge in [0.1, 0.15) is 0 Å². The fourth-order valence-electron chi connectivity index (χ4n) is 12.7. The number of hydrogen-bond acceptors (Lipinski definition) is 8. The van der Waals surface area contributed by atoms with Crippen molar-refractivity contribution in [1.29, 1.82) is 0 Å². The second kappa shape index (κ2) is 10.8. The Morgan fingerprint density at radius 2 is 1.73 bits per heavy atom. The van der Waals surface area contributed by atoms with Crippen molar-refractivity contribution in [2.75, 3.05) is 26.8 Å². The highest BCUT2D eigenvalue weighted by atomic mass is 16.7. The van der Waals surface area contributed by atoms with Gasteiger partial charge in [0.25, 0.3) is 0 Å². The molecule has 2 saturated heterocycles. The van der Waals surface area contributed by atoms with Gasteiger partial charge in [0, 0.05) is 13.5 Å². The standard InChI is InChI=1S/C36H57NO8/c1-21(38)43-30(33(4,5)40)25-10-8-23-26(44-25)18-24-22-9-11-27-32(2,3)28(45-29-19-37(16-17-42-29)31(39)41-7)12-13-36(27)20-35(22,36)15-14-34(23,24)6/h22-30,40H,8-20H2,1-7H3/t22?,23?,24?,25?,26?,27?,28-,29?,30-,34?,35-,36?/m0/s1. The Bertz CT molecular complexity index is 1180. The van der Waals surface area contributed by atoms with Crippen LogP contribution in [0.15, 0.2) is 0 Å². The van der Waals surface area contributed by atoms with Crippen LogP contribution in [0.5, 0.6) is 0 Å². The van der Waals surface area contributed by atoms with Crippen LogP contribution in [0.1, 0.15) is 106 Å². The minimum atomic E-state index is -1.15. The average molecular weight is 632 g/mol. The number of methoxy groups -OCH3 is 1. The number of rotatable bonds is 5. The van der Waals surface area contributed by atoms with Crippen LogP contribution in [0.4, 0.5) is 4.79 Å². The third-order valence-electron chi connectivity index (χ3n) is 14.7. The molecule has 2 heterocycles. The van der Waals surface area contributed by atoms with Gasteiger partial charge in [0.05, 0.1) is 44.2 Å². The minimum Gasteiger partial charge on any atom is -0.457 e. The van der Waals surface area contributed by atoms with Gasteiger partial charge in [-0.3, -0.25) is 4.79 Å². The maximum Gasteiger partial charge on any atom is 0.409 e. The van der Waals surface area contributed by atoms with Crippen molar-refractivity contribution in [2.24, 2.45) is 45.3 Å². The Balaban J connectivity index is 1.06. The van der Waals surface area contributed by atoms with Gasteiger partial charge in [-0.25, -0.2) is 4.79 Å². The molecule has 7 rings (SSSR count). The van der Waals surface area contributed by atoms with E-state index < -0.39 is 18.0 Å². The zero-order valence-electron chi connectivity index (χ0n) is 28.6. The van der Waals surface area contributed by atoms with Crippen molar-refractivity contribution in [3.63, 3.8) is 0 Å². The summed E-state index contributed by atoms with van der Waals surface area (Å²) in [4.78, 5) is 25.8. The topological polar surface area (TPSA) is 104 Å². The summed E-state index contributed by atoms with van der Waals surface area (Å²) in [6, 6.07) is 0. The van der Waals surface area contributed by atoms with Gasteiger partial charge in [0.15, 0.2) is 12.4 Å². The van der Waals surface area contributed by atoms with E-state index in [0.29, 0.717) is 48.3 Å². The second-order valence-electron chi connectivity index (χ2n) is 17.4. The highest BCUT2D eigenvalue weighted by molar-refractivity contribution is 5.67. The number of esters is 1. The predicted molar refractivity (Wildman–Crippen MR) is 166 cm³/mol. The van der Waals surface area contributed by atoms with Crippen molar-refractivity contribution in [1.82, 2.24) is 4.90 Å². The van der Waals surface area contributed by atoms with E-state index in [-0.39, 0.29) is 41.2 Å². The lowest BCUT2D eigenvalue weighted by molar-refractivity contribution is -0.242. The fraction of sp³-hybridized carbons (Fsp3) is 0.944. The molecule has 0 aromatic carbocycles. The number of morpholine rings is 1. The van der Waals surface area contributed by atoms with Gasteiger partial charge in [-0.2, -0.15) is 0 Å². The molecule has 5 aliphatic carbocycles. The number of nitrogens with zero attached hydrogens (tertiary/aromatic N) is 1. The fourth-order valence-corrected chi connectivity index (χ4v) is 12.7. The van der Waals surface area contributed by atoms with E-state index >= 15 is 0 Å². The van der Waals surface area contributed by atoms with Crippen molar-refractivity contribution in [3.05, 3.63) is 0 Å². The summed E-state index contributed by atoms with van der Waals surface area (Å²) in [5.74, 6) is 2.19. The molecule has 1 N–H and O–H groups in total. The van der Waals surface area contributed by atoms with Crippen LogP contribution in [-0.2, 0) is 28.5 Å². The maximum absolute atomic E-state index is 12.2. The number of carbonyl (C=O) groups is 2. The first kappa shape index (κ1) is 32.1. The third kappa shape index (κ3) is 4.82. The van der Waals surface area contributed by atoms with Crippen LogP contribution in [0, 0.1) is 45.3 Å². The lowest BCUT2D eigenvalue weighted by Crippen LogP contribution is -2.56. The molecule has 0 bridgehead atoms. The van der Waals surface area contributed by atoms with E-state index in [0.717, 1.165) is 31.6 Å². The molecule has 7 aliphatic rings. The first-order chi connectivity index (χ1) is 21.2. The molecular formula is C36H57NO8. The molecule has 9 unspecified atom stereocenters. The van der Waals surface area contributed by atoms with Crippen molar-refractivity contribution in [3.8, 4) is 0 Å². The van der Waals surface area contributed by atoms with E-state index in [4.69, 9.17) is 23.7 Å². The summed E-state index contributed by atoms with van der Waals surface area (Å²) in [6.45, 7) is 13.7. The quantitative estimate of drug-likeness (QED) is 0.385. The summed E-state index contributed by atoms with van der Waals surface area (Å²) in [6.07, 6.45) is 10.4. The van der Waals surface area contributed by atoms with Crippen molar-refractivity contribution in [2.45, 2.75) is 142 Å². The first-order valence-corrected chi connectivity index (χ1v) is 17.8. The summed E-state index contributed by atoms with van der Waals surface area (Å²) in [5, 5.41) is 10.9. The van der Waals surface area contributed by atoms with Crippen LogP contribution in [0.3, 0.4) is 0 Å². The molecule has 9 nitrogen and oxygen atoms in total. The van der Waals surface area contributed by atoms with E-state index in [1.807, 2.05) is 0 Å². The molecule has 45 heavy (non-hydrogen) atoms. The smallest absolute Gasteiger partial charge is 0.409 e. The van der Waals surface area contributed by atoms with Crippen LogP contribution >= 0.6 is 0 Å². The van der Waals surface area contributed by atoms with Crippen LogP contribution in [0.2, 0.25) is 0 Å². The Kier molecular flexibility index (Phi) is 7.71. The van der Waals surface area contributed by atoms with E-state index in [2.05, 4.69) is 20.8 Å². The molecule has 2 aliphatic heterocycles. The zero-order valence-corrected chi connectivity index (χ0v) is 28.6. The number of amides is 1. The maximum atomic E-state index is 12.2. The van der Waals surface area contributed by atoms with E-state index in [1.165, 1.54) is 52.6 Å². The Labute approximate surface area is 269 Å². The normalized spacial score (nSPS) is 47.2. The largest absolute Gasteiger partial charge is 0.457 e. The minimum absolute atomic E-state index is 0.0349. The van der Waals surface area contributed by atoms with E-state index in [1.54, 1.807) is 18.7 Å². The molecule has 5 saturated carbocycles. The van der Waals surface area contributed by atoms with Crippen LogP contribution in [0.25, 0.3) is 0 Å². The summed E-state index contributed by atoms with van der Waals surface area (Å²) < 4.78 is 30.2. The average Bonchev–Trinajstić information content (AvgIpc) is 3.56. The second-order valence-corrected chi connectivity index (χ2v) is 17.4. The van der Waals surface area contributed by atoms with Gasteiger partial charge in [-0.15, -0.1) is 0 Å². The molecule has 0 aromatic heterocycles. The van der Waals surface area contributed by atoms with Gasteiger partial charge < -0.3 is 33.7 Å². The summed E-state index contributed by atoms with van der Waals surface area (Å²) in [5.41, 5.74) is 0.0113. The SMILES string of the molecule is COC(=O)N1CCOC(O[C@H]2CCC34C[C@]35CCC3(C)C6CCC([C@H](OC(C)=O)C(C)(C)O)OC6CC3C5CCC4C2(C)C)C1. The summed E-state index contributed by atoms with van der Waals surface area (Å²) >= 11 is 0. The van der Waals surface area contributed by atoms with E-state index in [9.17, 15) is 14.7 Å². The predicted octanol–water partition coefficient (Wildman–Crippen LogP) is 5.71. The van der Waals surface area contributed by atoms with Gasteiger partial charge in [-0.1, -0.05) is 20.8 Å². The first-order valence-electron chi connectivity index (χ1n) is 17.8. The highest BCUT2D eigenvalue weighted by Gasteiger charge is 2.80. The van der Waals surface area contributed by atoms with Gasteiger partial charge in [0.2, 0.25) is 0 Å². The molecule has 0 aromatic rings. The third-order valence-corrected chi connectivity index (χ3v) is 14.7. The van der Waals surface area contributed by atoms with Crippen LogP contribution in [-0.4, -0.2) is 85.2 Å². The Hall–Kier alpha value is -1.42. The molecule has 7 fully saturated rings. The van der Waals surface area contributed by atoms with Crippen LogP contribution < -0.4 is 0 Å².